The molecule has 3 aromatic carbocycles. The van der Waals surface area contributed by atoms with Crippen molar-refractivity contribution in [3.8, 4) is 16.9 Å². The zero-order chi connectivity index (χ0) is 19.9. The third-order valence-corrected chi connectivity index (χ3v) is 4.05. The molecule has 0 aliphatic carbocycles. The summed E-state index contributed by atoms with van der Waals surface area (Å²) in [4.78, 5) is 24.3. The molecule has 2 amide bonds. The van der Waals surface area contributed by atoms with E-state index in [1.807, 2.05) is 42.5 Å². The minimum absolute atomic E-state index is 0.354. The van der Waals surface area contributed by atoms with Gasteiger partial charge in [0.1, 0.15) is 11.6 Å². The van der Waals surface area contributed by atoms with Crippen LogP contribution in [-0.4, -0.2) is 17.9 Å². The fourth-order valence-electron chi connectivity index (χ4n) is 2.51. The lowest BCUT2D eigenvalue weighted by molar-refractivity contribution is -0.128. The highest BCUT2D eigenvalue weighted by Gasteiger charge is 2.16. The zero-order valence-corrected chi connectivity index (χ0v) is 15.2. The van der Waals surface area contributed by atoms with Crippen molar-refractivity contribution in [1.82, 2.24) is 10.9 Å². The van der Waals surface area contributed by atoms with Crippen molar-refractivity contribution < 1.29 is 18.7 Å². The summed E-state index contributed by atoms with van der Waals surface area (Å²) in [6.45, 7) is 1.53. The van der Waals surface area contributed by atoms with Crippen molar-refractivity contribution in [2.45, 2.75) is 13.0 Å². The van der Waals surface area contributed by atoms with Crippen LogP contribution in [0.25, 0.3) is 11.1 Å². The van der Waals surface area contributed by atoms with Crippen molar-refractivity contribution >= 4 is 11.8 Å². The molecule has 0 aliphatic heterocycles. The molecule has 3 rings (SSSR count). The Hall–Kier alpha value is -3.67. The molecule has 0 aliphatic rings. The molecule has 0 fully saturated rings. The monoisotopic (exact) mass is 378 g/mol. The van der Waals surface area contributed by atoms with Gasteiger partial charge in [0.25, 0.3) is 11.8 Å². The smallest absolute Gasteiger partial charge is 0.279 e. The van der Waals surface area contributed by atoms with Gasteiger partial charge in [0, 0.05) is 5.56 Å². The van der Waals surface area contributed by atoms with E-state index in [0.717, 1.165) is 11.1 Å². The Morgan fingerprint density at radius 3 is 2.07 bits per heavy atom. The molecule has 6 heteroatoms. The number of nitrogens with one attached hydrogen (secondary N) is 2. The lowest BCUT2D eigenvalue weighted by atomic mass is 10.0. The van der Waals surface area contributed by atoms with E-state index in [9.17, 15) is 14.0 Å². The first kappa shape index (κ1) is 19.1. The van der Waals surface area contributed by atoms with Gasteiger partial charge in [-0.3, -0.25) is 20.4 Å². The van der Waals surface area contributed by atoms with Crippen molar-refractivity contribution in [2.24, 2.45) is 0 Å². The van der Waals surface area contributed by atoms with Gasteiger partial charge in [0.05, 0.1) is 0 Å². The number of ether oxygens (including phenoxy) is 1. The number of hydrogen-bond acceptors (Lipinski definition) is 3. The predicted molar refractivity (Wildman–Crippen MR) is 104 cm³/mol. The second-order valence-corrected chi connectivity index (χ2v) is 6.10. The molecule has 0 aromatic heterocycles. The van der Waals surface area contributed by atoms with Gasteiger partial charge >= 0.3 is 0 Å². The van der Waals surface area contributed by atoms with Gasteiger partial charge in [0.15, 0.2) is 6.10 Å². The van der Waals surface area contributed by atoms with Crippen LogP contribution in [0.1, 0.15) is 17.3 Å². The molecule has 142 valence electrons. The topological polar surface area (TPSA) is 67.4 Å². The quantitative estimate of drug-likeness (QED) is 0.665. The second kappa shape index (κ2) is 8.81. The summed E-state index contributed by atoms with van der Waals surface area (Å²) in [5.74, 6) is -1.01. The van der Waals surface area contributed by atoms with Crippen LogP contribution in [0.15, 0.2) is 78.9 Å². The summed E-state index contributed by atoms with van der Waals surface area (Å²) >= 11 is 0. The van der Waals surface area contributed by atoms with E-state index >= 15 is 0 Å². The average Bonchev–Trinajstić information content (AvgIpc) is 2.74. The van der Waals surface area contributed by atoms with Crippen LogP contribution < -0.4 is 15.6 Å². The highest BCUT2D eigenvalue weighted by Crippen LogP contribution is 2.19. The van der Waals surface area contributed by atoms with Crippen LogP contribution >= 0.6 is 0 Å². The first-order valence-electron chi connectivity index (χ1n) is 8.71. The van der Waals surface area contributed by atoms with Crippen molar-refractivity contribution in [1.29, 1.82) is 0 Å². The summed E-state index contributed by atoms with van der Waals surface area (Å²) in [6.07, 6.45) is -0.869. The Balaban J connectivity index is 1.53. The van der Waals surface area contributed by atoms with E-state index in [4.69, 9.17) is 4.74 Å². The maximum Gasteiger partial charge on any atom is 0.279 e. The molecule has 0 heterocycles. The molecule has 0 radical (unpaired) electrons. The largest absolute Gasteiger partial charge is 0.481 e. The lowest BCUT2D eigenvalue weighted by Crippen LogP contribution is -2.47. The molecule has 0 saturated heterocycles. The van der Waals surface area contributed by atoms with Gasteiger partial charge in [-0.15, -0.1) is 0 Å². The summed E-state index contributed by atoms with van der Waals surface area (Å²) < 4.78 is 18.3. The van der Waals surface area contributed by atoms with Gasteiger partial charge in [-0.05, 0) is 54.4 Å². The third kappa shape index (κ3) is 4.94. The molecule has 1 unspecified atom stereocenters. The maximum absolute atomic E-state index is 12.9. The fraction of sp³-hybridized carbons (Fsp3) is 0.0909. The molecule has 2 N–H and O–H groups in total. The summed E-state index contributed by atoms with van der Waals surface area (Å²) in [5, 5.41) is 0. The van der Waals surface area contributed by atoms with E-state index in [1.54, 1.807) is 12.1 Å². The molecule has 5 nitrogen and oxygen atoms in total. The number of carbonyl (C=O) groups is 2. The Labute approximate surface area is 162 Å². The Morgan fingerprint density at radius 1 is 0.821 bits per heavy atom. The highest BCUT2D eigenvalue weighted by molar-refractivity contribution is 5.96. The normalized spacial score (nSPS) is 11.4. The molecule has 0 bridgehead atoms. The van der Waals surface area contributed by atoms with Crippen LogP contribution in [0.4, 0.5) is 4.39 Å². The van der Waals surface area contributed by atoms with Crippen LogP contribution in [-0.2, 0) is 4.79 Å². The number of halogens is 1. The third-order valence-electron chi connectivity index (χ3n) is 4.05. The van der Waals surface area contributed by atoms with Gasteiger partial charge in [-0.2, -0.15) is 0 Å². The Morgan fingerprint density at radius 2 is 1.43 bits per heavy atom. The lowest BCUT2D eigenvalue weighted by Gasteiger charge is -2.15. The molecule has 0 spiro atoms. The number of amides is 2. The van der Waals surface area contributed by atoms with E-state index < -0.39 is 23.7 Å². The average molecular weight is 378 g/mol. The minimum atomic E-state index is -0.869. The summed E-state index contributed by atoms with van der Waals surface area (Å²) in [7, 11) is 0. The van der Waals surface area contributed by atoms with Crippen LogP contribution in [0.3, 0.4) is 0 Å². The SMILES string of the molecule is CC(Oc1ccc(F)cc1)C(=O)NNC(=O)c1ccc(-c2ccccc2)cc1. The Kier molecular flexibility index (Phi) is 6.01. The number of rotatable bonds is 5. The van der Waals surface area contributed by atoms with Crippen molar-refractivity contribution in [3.63, 3.8) is 0 Å². The van der Waals surface area contributed by atoms with Gasteiger partial charge in [-0.1, -0.05) is 42.5 Å². The van der Waals surface area contributed by atoms with E-state index in [1.165, 1.54) is 31.2 Å². The van der Waals surface area contributed by atoms with Gasteiger partial charge in [0.2, 0.25) is 0 Å². The fourth-order valence-corrected chi connectivity index (χ4v) is 2.51. The molecular formula is C22H19FN2O3. The van der Waals surface area contributed by atoms with Gasteiger partial charge in [-0.25, -0.2) is 4.39 Å². The van der Waals surface area contributed by atoms with Gasteiger partial charge < -0.3 is 4.74 Å². The molecule has 0 saturated carbocycles. The highest BCUT2D eigenvalue weighted by atomic mass is 19.1. The number of hydrazine groups is 1. The maximum atomic E-state index is 12.9. The molecular weight excluding hydrogens is 359 g/mol. The van der Waals surface area contributed by atoms with Crippen molar-refractivity contribution in [3.05, 3.63) is 90.2 Å². The first-order chi connectivity index (χ1) is 13.5. The Bertz CT molecular complexity index is 942. The van der Waals surface area contributed by atoms with Crippen LogP contribution in [0.5, 0.6) is 5.75 Å². The number of benzene rings is 3. The van der Waals surface area contributed by atoms with Crippen LogP contribution in [0, 0.1) is 5.82 Å². The number of hydrogen-bond donors (Lipinski definition) is 2. The van der Waals surface area contributed by atoms with E-state index in [0.29, 0.717) is 11.3 Å². The summed E-state index contributed by atoms with van der Waals surface area (Å²) in [5.41, 5.74) is 7.12. The van der Waals surface area contributed by atoms with Crippen molar-refractivity contribution in [2.75, 3.05) is 0 Å². The molecule has 3 aromatic rings. The number of carbonyl (C=O) groups excluding carboxylic acids is 2. The minimum Gasteiger partial charge on any atom is -0.481 e. The molecule has 1 atom stereocenters. The van der Waals surface area contributed by atoms with E-state index in [2.05, 4.69) is 10.9 Å². The van der Waals surface area contributed by atoms with E-state index in [-0.39, 0.29) is 0 Å². The second-order valence-electron chi connectivity index (χ2n) is 6.10. The summed E-state index contributed by atoms with van der Waals surface area (Å²) in [6, 6.07) is 22.2. The predicted octanol–water partition coefficient (Wildman–Crippen LogP) is 3.72. The first-order valence-corrected chi connectivity index (χ1v) is 8.71. The van der Waals surface area contributed by atoms with Crippen LogP contribution in [0.2, 0.25) is 0 Å². The standard InChI is InChI=1S/C22H19FN2O3/c1-15(28-20-13-11-19(23)12-14-20)21(26)24-25-22(27)18-9-7-17(8-10-18)16-5-3-2-4-6-16/h2-15H,1H3,(H,24,26)(H,25,27). The molecule has 28 heavy (non-hydrogen) atoms. The zero-order valence-electron chi connectivity index (χ0n) is 15.2.